The lowest BCUT2D eigenvalue weighted by atomic mass is 10.0. The second-order valence-corrected chi connectivity index (χ2v) is 6.65. The lowest BCUT2D eigenvalue weighted by molar-refractivity contribution is 0.211. The smallest absolute Gasteiger partial charge is 0.162 e. The molecule has 1 N–H and O–H groups in total. The molecule has 1 unspecified atom stereocenters. The topological polar surface area (TPSA) is 64.8 Å². The first-order valence-electron chi connectivity index (χ1n) is 14.3. The summed E-state index contributed by atoms with van der Waals surface area (Å²) in [5.74, 6) is -2.09. The van der Waals surface area contributed by atoms with Crippen LogP contribution in [0.2, 0.25) is 5.75 Å². The van der Waals surface area contributed by atoms with Crippen LogP contribution in [0.4, 0.5) is 10.2 Å². The molecule has 3 heterocycles. The number of anilines is 1. The monoisotopic (exact) mass is 415 g/mol. The number of likely N-dealkylation sites (tertiary alicyclic amines) is 1. The standard InChI is InChI=1S/C19H17ClFN5S/c20-17-8-16-18(27-17)19(24-11-23-16)25-14-3-5-26(6-4-14)10-12-1-2-15(21)13(7-12)9-22/h1-2,7-8,11,14H,3-6,10H2,(H,23,24,25)/i2D,3D2,4D2,5D2,6D2,8D,10D,11D,14D/hD. The van der Waals surface area contributed by atoms with Gasteiger partial charge in [-0.05, 0) is 36.5 Å². The van der Waals surface area contributed by atoms with Gasteiger partial charge in [-0.15, -0.1) is 11.3 Å². The maximum absolute atomic E-state index is 14.1. The molecule has 0 amide bonds. The highest BCUT2D eigenvalue weighted by Gasteiger charge is 2.21. The van der Waals surface area contributed by atoms with Crippen LogP contribution in [0.15, 0.2) is 30.5 Å². The largest absolute Gasteiger partial charge is 0.366 e. The van der Waals surface area contributed by atoms with Gasteiger partial charge in [0.05, 0.1) is 24.2 Å². The summed E-state index contributed by atoms with van der Waals surface area (Å²) < 4.78 is 132. The van der Waals surface area contributed by atoms with Gasteiger partial charge in [0.25, 0.3) is 0 Å². The van der Waals surface area contributed by atoms with E-state index in [1.54, 1.807) is 0 Å². The van der Waals surface area contributed by atoms with Crippen LogP contribution < -0.4 is 5.31 Å². The summed E-state index contributed by atoms with van der Waals surface area (Å²) in [4.78, 5) is 7.21. The van der Waals surface area contributed by atoms with Crippen molar-refractivity contribution < 1.29 is 23.6 Å². The molecule has 27 heavy (non-hydrogen) atoms. The third-order valence-corrected chi connectivity index (χ3v) is 4.45. The number of hydrogen-bond acceptors (Lipinski definition) is 6. The summed E-state index contributed by atoms with van der Waals surface area (Å²) in [6, 6.07) is -2.31. The minimum absolute atomic E-state index is 0.177. The van der Waals surface area contributed by atoms with Gasteiger partial charge in [0.1, 0.15) is 25.4 Å². The first-order valence-corrected chi connectivity index (χ1v) is 8.44. The molecule has 1 atom stereocenters. The van der Waals surface area contributed by atoms with Crippen molar-refractivity contribution in [1.29, 1.82) is 5.26 Å². The first-order chi connectivity index (χ1) is 18.6. The molecule has 0 spiro atoms. The molecule has 8 heteroatoms. The van der Waals surface area contributed by atoms with Crippen molar-refractivity contribution in [2.45, 2.75) is 25.3 Å². The fourth-order valence-electron chi connectivity index (χ4n) is 2.11. The number of aromatic nitrogens is 2. The molecular formula is C19H17ClFN5S. The van der Waals surface area contributed by atoms with Crippen LogP contribution in [-0.2, 0) is 6.52 Å². The van der Waals surface area contributed by atoms with Gasteiger partial charge in [-0.1, -0.05) is 17.7 Å². The van der Waals surface area contributed by atoms with Gasteiger partial charge >= 0.3 is 0 Å². The molecule has 0 saturated carbocycles. The minimum atomic E-state index is -3.89. The highest BCUT2D eigenvalue weighted by molar-refractivity contribution is 7.23. The van der Waals surface area contributed by atoms with Crippen molar-refractivity contribution in [2.24, 2.45) is 0 Å². The average molecular weight is 416 g/mol. The normalized spacial score (nSPS) is 33.1. The number of nitriles is 1. The Labute approximate surface area is 185 Å². The van der Waals surface area contributed by atoms with E-state index in [2.05, 4.69) is 9.97 Å². The average Bonchev–Trinajstić information content (AvgIpc) is 3.15. The summed E-state index contributed by atoms with van der Waals surface area (Å²) in [7, 11) is 0. The number of thiophene rings is 1. The molecule has 0 aliphatic carbocycles. The number of halogens is 2. The van der Waals surface area contributed by atoms with Gasteiger partial charge in [-0.2, -0.15) is 5.26 Å². The molecule has 1 saturated heterocycles. The van der Waals surface area contributed by atoms with Crippen LogP contribution in [0.3, 0.4) is 0 Å². The van der Waals surface area contributed by atoms with Crippen LogP contribution in [-0.4, -0.2) is 33.9 Å². The van der Waals surface area contributed by atoms with E-state index in [1.807, 2.05) is 0 Å². The zero-order chi connectivity index (χ0) is 31.2. The van der Waals surface area contributed by atoms with Gasteiger partial charge in [0.15, 0.2) is 1.41 Å². The molecular weight excluding hydrogens is 385 g/mol. The van der Waals surface area contributed by atoms with Crippen molar-refractivity contribution in [3.8, 4) is 6.07 Å². The Bertz CT molecular complexity index is 1580. The van der Waals surface area contributed by atoms with E-state index in [-0.39, 0.29) is 24.8 Å². The van der Waals surface area contributed by atoms with Gasteiger partial charge in [-0.25, -0.2) is 14.4 Å². The Morgan fingerprint density at radius 2 is 2.41 bits per heavy atom. The number of hydrogen-bond donors (Lipinski definition) is 1. The molecule has 0 radical (unpaired) electrons. The SMILES string of the molecule is [2H]c1nc(N([2H])C2([2H])C([2H])([2H])C([2H])([2H])N(C([2H])c3cc([2H])c(F)c(C#N)c3)C([2H])([2H])C2([2H])[2H])c2sc(Cl)c([2H])c2n1. The lowest BCUT2D eigenvalue weighted by Crippen LogP contribution is -2.38. The third kappa shape index (κ3) is 4.03. The molecule has 4 rings (SSSR count). The Morgan fingerprint density at radius 1 is 1.59 bits per heavy atom. The zero-order valence-electron chi connectivity index (χ0n) is 27.1. The maximum Gasteiger partial charge on any atom is 0.162 e. The van der Waals surface area contributed by atoms with Crippen molar-refractivity contribution >= 4 is 39.0 Å². The summed E-state index contributed by atoms with van der Waals surface area (Å²) in [5.41, 5.74) is -1.58. The predicted octanol–water partition coefficient (Wildman–Crippen LogP) is 4.43. The first kappa shape index (κ1) is 8.00. The molecule has 1 aliphatic rings. The van der Waals surface area contributed by atoms with E-state index in [4.69, 9.17) is 30.8 Å². The van der Waals surface area contributed by atoms with E-state index in [9.17, 15) is 9.65 Å². The van der Waals surface area contributed by atoms with Crippen LogP contribution in [0, 0.1) is 17.1 Å². The number of nitrogens with one attached hydrogen (secondary N) is 1. The van der Waals surface area contributed by atoms with Crippen molar-refractivity contribution in [3.05, 3.63) is 51.8 Å². The fraction of sp³-hybridized carbons (Fsp3) is 0.316. The van der Waals surface area contributed by atoms with Crippen LogP contribution in [0.1, 0.15) is 41.7 Å². The summed E-state index contributed by atoms with van der Waals surface area (Å²) >= 11 is 6.57. The second-order valence-electron chi connectivity index (χ2n) is 5.03. The van der Waals surface area contributed by atoms with Gasteiger partial charge in [0, 0.05) is 37.9 Å². The molecule has 3 aromatic rings. The quantitative estimate of drug-likeness (QED) is 0.682. The molecule has 0 bridgehead atoms. The number of benzene rings is 1. The fourth-order valence-corrected chi connectivity index (χ4v) is 3.13. The molecule has 138 valence electrons. The Balaban J connectivity index is 1.97. The Kier molecular flexibility index (Phi) is 2.30. The van der Waals surface area contributed by atoms with Gasteiger partial charge in [-0.3, -0.25) is 4.90 Å². The molecule has 1 fully saturated rings. The van der Waals surface area contributed by atoms with Crippen LogP contribution in [0.5, 0.6) is 0 Å². The zero-order valence-corrected chi connectivity index (χ0v) is 14.7. The number of rotatable bonds is 4. The molecule has 5 nitrogen and oxygen atoms in total. The van der Waals surface area contributed by atoms with Crippen molar-refractivity contribution in [2.75, 3.05) is 18.3 Å². The van der Waals surface area contributed by atoms with Gasteiger partial charge in [0.2, 0.25) is 0 Å². The van der Waals surface area contributed by atoms with E-state index in [0.29, 0.717) is 23.5 Å². The molecule has 1 aliphatic heterocycles. The summed E-state index contributed by atoms with van der Waals surface area (Å²) in [5, 5.41) is 8.95. The van der Waals surface area contributed by atoms with E-state index in [1.165, 1.54) is 6.07 Å². The molecule has 2 aromatic heterocycles. The molecule has 1 aromatic carbocycles. The van der Waals surface area contributed by atoms with Crippen LogP contribution in [0.25, 0.3) is 10.2 Å². The number of fused-ring (bicyclic) bond motifs is 1. The van der Waals surface area contributed by atoms with E-state index < -0.39 is 79.4 Å². The summed E-state index contributed by atoms with van der Waals surface area (Å²) in [6.45, 7) is -9.93. The number of nitrogens with zero attached hydrogens (tertiary/aromatic N) is 4. The third-order valence-electron chi connectivity index (χ3n) is 3.26. The van der Waals surface area contributed by atoms with Crippen molar-refractivity contribution in [1.82, 2.24) is 14.9 Å². The summed E-state index contributed by atoms with van der Waals surface area (Å²) in [6.07, 6.45) is -8.60. The lowest BCUT2D eigenvalue weighted by Gasteiger charge is -2.32. The highest BCUT2D eigenvalue weighted by Crippen LogP contribution is 2.33. The van der Waals surface area contributed by atoms with E-state index >= 15 is 0 Å². The van der Waals surface area contributed by atoms with Gasteiger partial charge < -0.3 is 5.31 Å². The van der Waals surface area contributed by atoms with Crippen molar-refractivity contribution in [3.63, 3.8) is 0 Å². The minimum Gasteiger partial charge on any atom is -0.366 e. The number of piperidine rings is 1. The highest BCUT2D eigenvalue weighted by atomic mass is 35.5. The van der Waals surface area contributed by atoms with E-state index in [0.717, 1.165) is 0 Å². The Morgan fingerprint density at radius 3 is 3.19 bits per heavy atom. The second kappa shape index (κ2) is 7.77. The van der Waals surface area contributed by atoms with Crippen LogP contribution >= 0.6 is 22.9 Å². The Hall–Kier alpha value is -2.27. The maximum atomic E-state index is 14.1. The predicted molar refractivity (Wildman–Crippen MR) is 105 cm³/mol.